The van der Waals surface area contributed by atoms with Gasteiger partial charge in [-0.05, 0) is 12.8 Å². The molecule has 1 aliphatic heterocycles. The van der Waals surface area contributed by atoms with Crippen LogP contribution in [-0.4, -0.2) is 35.6 Å². The van der Waals surface area contributed by atoms with E-state index in [0.29, 0.717) is 6.04 Å². The zero-order valence-corrected chi connectivity index (χ0v) is 7.71. The third-order valence-electron chi connectivity index (χ3n) is 2.44. The van der Waals surface area contributed by atoms with Gasteiger partial charge in [0.2, 0.25) is 0 Å². The Morgan fingerprint density at radius 2 is 2.46 bits per heavy atom. The van der Waals surface area contributed by atoms with Crippen molar-refractivity contribution >= 4 is 0 Å². The fourth-order valence-electron chi connectivity index (χ4n) is 1.67. The maximum absolute atomic E-state index is 3.99. The van der Waals surface area contributed by atoms with Gasteiger partial charge in [0.05, 0.1) is 6.33 Å². The van der Waals surface area contributed by atoms with E-state index < -0.39 is 0 Å². The third kappa shape index (κ3) is 2.54. The predicted molar refractivity (Wildman–Crippen MR) is 51.6 cm³/mol. The van der Waals surface area contributed by atoms with Crippen molar-refractivity contribution in [3.05, 3.63) is 18.2 Å². The number of hydrogen-bond donors (Lipinski definition) is 3. The summed E-state index contributed by atoms with van der Waals surface area (Å²) in [5, 5.41) is 6.86. The zero-order chi connectivity index (χ0) is 8.93. The maximum atomic E-state index is 3.99. The van der Waals surface area contributed by atoms with Crippen molar-refractivity contribution < 1.29 is 0 Å². The van der Waals surface area contributed by atoms with Crippen molar-refractivity contribution in [3.63, 3.8) is 0 Å². The number of aromatic nitrogens is 2. The van der Waals surface area contributed by atoms with E-state index in [1.165, 1.54) is 12.1 Å². The highest BCUT2D eigenvalue weighted by atomic mass is 15.0. The van der Waals surface area contributed by atoms with Gasteiger partial charge in [-0.3, -0.25) is 0 Å². The van der Waals surface area contributed by atoms with E-state index in [0.717, 1.165) is 26.1 Å². The highest BCUT2D eigenvalue weighted by molar-refractivity contribution is 4.95. The van der Waals surface area contributed by atoms with Crippen LogP contribution in [0.5, 0.6) is 0 Å². The second-order valence-electron chi connectivity index (χ2n) is 3.47. The van der Waals surface area contributed by atoms with Crippen LogP contribution in [0.3, 0.4) is 0 Å². The Labute approximate surface area is 78.1 Å². The molecule has 0 spiro atoms. The summed E-state index contributed by atoms with van der Waals surface area (Å²) < 4.78 is 0. The minimum atomic E-state index is 0.622. The lowest BCUT2D eigenvalue weighted by Gasteiger charge is -2.24. The van der Waals surface area contributed by atoms with Crippen LogP contribution in [-0.2, 0) is 6.42 Å². The van der Waals surface area contributed by atoms with Gasteiger partial charge in [0.25, 0.3) is 0 Å². The fourth-order valence-corrected chi connectivity index (χ4v) is 1.67. The Morgan fingerprint density at radius 1 is 1.46 bits per heavy atom. The van der Waals surface area contributed by atoms with Gasteiger partial charge in [-0.25, -0.2) is 4.98 Å². The molecule has 1 aromatic heterocycles. The molecular weight excluding hydrogens is 164 g/mol. The molecule has 0 radical (unpaired) electrons. The topological polar surface area (TPSA) is 52.7 Å². The molecule has 4 nitrogen and oxygen atoms in total. The monoisotopic (exact) mass is 180 g/mol. The second-order valence-corrected chi connectivity index (χ2v) is 3.47. The first-order valence-corrected chi connectivity index (χ1v) is 4.86. The van der Waals surface area contributed by atoms with Crippen molar-refractivity contribution in [2.75, 3.05) is 19.6 Å². The van der Waals surface area contributed by atoms with Crippen LogP contribution in [0.25, 0.3) is 0 Å². The number of hydrogen-bond acceptors (Lipinski definition) is 3. The summed E-state index contributed by atoms with van der Waals surface area (Å²) in [4.78, 5) is 7.11. The van der Waals surface area contributed by atoms with Gasteiger partial charge in [0.15, 0.2) is 0 Å². The lowest BCUT2D eigenvalue weighted by Crippen LogP contribution is -2.48. The molecule has 13 heavy (non-hydrogen) atoms. The molecule has 2 rings (SSSR count). The van der Waals surface area contributed by atoms with E-state index in [4.69, 9.17) is 0 Å². The molecule has 1 atom stereocenters. The first-order chi connectivity index (χ1) is 6.45. The molecule has 72 valence electrons. The lowest BCUT2D eigenvalue weighted by molar-refractivity contribution is 0.399. The molecule has 0 amide bonds. The summed E-state index contributed by atoms with van der Waals surface area (Å²) in [5.74, 6) is 0. The Morgan fingerprint density at radius 3 is 3.15 bits per heavy atom. The summed E-state index contributed by atoms with van der Waals surface area (Å²) in [6.45, 7) is 3.28. The Bertz CT molecular complexity index is 226. The van der Waals surface area contributed by atoms with E-state index >= 15 is 0 Å². The van der Waals surface area contributed by atoms with E-state index in [1.807, 2.05) is 6.20 Å². The number of aromatic amines is 1. The van der Waals surface area contributed by atoms with Gasteiger partial charge in [-0.15, -0.1) is 0 Å². The largest absolute Gasteiger partial charge is 0.348 e. The van der Waals surface area contributed by atoms with Crippen molar-refractivity contribution in [1.82, 2.24) is 20.6 Å². The van der Waals surface area contributed by atoms with Crippen molar-refractivity contribution in [2.24, 2.45) is 0 Å². The molecule has 0 aromatic carbocycles. The first kappa shape index (κ1) is 8.72. The van der Waals surface area contributed by atoms with E-state index in [1.54, 1.807) is 6.33 Å². The molecule has 0 saturated carbocycles. The molecule has 3 N–H and O–H groups in total. The van der Waals surface area contributed by atoms with Crippen molar-refractivity contribution in [3.8, 4) is 0 Å². The number of rotatable bonds is 3. The van der Waals surface area contributed by atoms with Crippen LogP contribution in [0.4, 0.5) is 0 Å². The number of nitrogens with one attached hydrogen (secondary N) is 3. The minimum absolute atomic E-state index is 0.622. The predicted octanol–water partition coefficient (Wildman–Crippen LogP) is -0.0963. The average molecular weight is 180 g/mol. The van der Waals surface area contributed by atoms with Gasteiger partial charge < -0.3 is 15.6 Å². The van der Waals surface area contributed by atoms with Gasteiger partial charge in [0.1, 0.15) is 0 Å². The fraction of sp³-hybridized carbons (Fsp3) is 0.667. The standard InChI is InChI=1S/C9H16N4/c1(2-9-6-11-7-13-9)8-5-10-3-4-12-8/h6-8,10,12H,1-5H2,(H,11,13). The minimum Gasteiger partial charge on any atom is -0.348 e. The average Bonchev–Trinajstić information content (AvgIpc) is 2.69. The number of piperazine rings is 1. The SMILES string of the molecule is c1ncc(CCC2CNCCN2)[nH]1. The van der Waals surface area contributed by atoms with Crippen LogP contribution in [0.15, 0.2) is 12.5 Å². The smallest absolute Gasteiger partial charge is 0.0921 e. The summed E-state index contributed by atoms with van der Waals surface area (Å²) in [7, 11) is 0. The Kier molecular flexibility index (Phi) is 2.94. The molecule has 0 bridgehead atoms. The molecule has 2 heterocycles. The van der Waals surface area contributed by atoms with Crippen LogP contribution < -0.4 is 10.6 Å². The summed E-state index contributed by atoms with van der Waals surface area (Å²) in [6.07, 6.45) is 5.90. The highest BCUT2D eigenvalue weighted by Gasteiger charge is 2.11. The van der Waals surface area contributed by atoms with Crippen LogP contribution in [0.1, 0.15) is 12.1 Å². The van der Waals surface area contributed by atoms with E-state index in [2.05, 4.69) is 20.6 Å². The molecular formula is C9H16N4. The summed E-state index contributed by atoms with van der Waals surface area (Å²) in [6, 6.07) is 0.622. The molecule has 0 aliphatic carbocycles. The second kappa shape index (κ2) is 4.39. The van der Waals surface area contributed by atoms with Crippen LogP contribution in [0.2, 0.25) is 0 Å². The van der Waals surface area contributed by atoms with Gasteiger partial charge in [-0.1, -0.05) is 0 Å². The molecule has 1 unspecified atom stereocenters. The zero-order valence-electron chi connectivity index (χ0n) is 7.71. The van der Waals surface area contributed by atoms with Crippen LogP contribution >= 0.6 is 0 Å². The Hall–Kier alpha value is -0.870. The highest BCUT2D eigenvalue weighted by Crippen LogP contribution is 2.01. The molecule has 4 heteroatoms. The Balaban J connectivity index is 1.72. The number of aryl methyl sites for hydroxylation is 1. The van der Waals surface area contributed by atoms with Gasteiger partial charge in [-0.2, -0.15) is 0 Å². The third-order valence-corrected chi connectivity index (χ3v) is 2.44. The lowest BCUT2D eigenvalue weighted by atomic mass is 10.1. The maximum Gasteiger partial charge on any atom is 0.0921 e. The summed E-state index contributed by atoms with van der Waals surface area (Å²) in [5.41, 5.74) is 1.23. The van der Waals surface area contributed by atoms with Crippen LogP contribution in [0, 0.1) is 0 Å². The quantitative estimate of drug-likeness (QED) is 0.609. The van der Waals surface area contributed by atoms with Gasteiger partial charge >= 0.3 is 0 Å². The van der Waals surface area contributed by atoms with Gasteiger partial charge in [0, 0.05) is 37.6 Å². The first-order valence-electron chi connectivity index (χ1n) is 4.86. The van der Waals surface area contributed by atoms with E-state index in [9.17, 15) is 0 Å². The molecule has 1 saturated heterocycles. The number of imidazole rings is 1. The molecule has 1 aliphatic rings. The van der Waals surface area contributed by atoms with Crippen molar-refractivity contribution in [2.45, 2.75) is 18.9 Å². The molecule has 1 fully saturated rings. The summed E-state index contributed by atoms with van der Waals surface area (Å²) >= 11 is 0. The number of H-pyrrole nitrogens is 1. The molecule has 1 aromatic rings. The van der Waals surface area contributed by atoms with E-state index in [-0.39, 0.29) is 0 Å². The van der Waals surface area contributed by atoms with Crippen molar-refractivity contribution in [1.29, 1.82) is 0 Å². The number of nitrogens with zero attached hydrogens (tertiary/aromatic N) is 1. The normalized spacial score (nSPS) is 23.2.